The molecular formula is C19H16BrNO5. The van der Waals surface area contributed by atoms with E-state index < -0.39 is 19.1 Å². The van der Waals surface area contributed by atoms with Gasteiger partial charge in [-0.2, -0.15) is 0 Å². The lowest BCUT2D eigenvalue weighted by Gasteiger charge is -2.16. The third kappa shape index (κ3) is 2.80. The van der Waals surface area contributed by atoms with Crippen molar-refractivity contribution in [3.8, 4) is 0 Å². The number of rotatable bonds is 5. The number of carbonyl (C=O) groups is 4. The number of allylic oxidation sites excluding steroid dienone is 2. The zero-order valence-electron chi connectivity index (χ0n) is 13.8. The number of benzene rings is 1. The van der Waals surface area contributed by atoms with Crippen molar-refractivity contribution in [2.45, 2.75) is 6.42 Å². The molecule has 7 heteroatoms. The van der Waals surface area contributed by atoms with Gasteiger partial charge in [0.2, 0.25) is 11.8 Å². The second kappa shape index (κ2) is 6.46. The van der Waals surface area contributed by atoms with Gasteiger partial charge in [-0.05, 0) is 30.4 Å². The average Bonchev–Trinajstić information content (AvgIpc) is 3.30. The number of nitrogens with zero attached hydrogens (tertiary/aromatic N) is 1. The van der Waals surface area contributed by atoms with Crippen LogP contribution in [0, 0.1) is 23.7 Å². The van der Waals surface area contributed by atoms with E-state index in [-0.39, 0.29) is 41.3 Å². The molecule has 4 atom stereocenters. The Balaban J connectivity index is 1.34. The number of halogens is 1. The molecule has 6 nitrogen and oxygen atoms in total. The first kappa shape index (κ1) is 17.1. The second-order valence-electron chi connectivity index (χ2n) is 6.85. The maximum absolute atomic E-state index is 12.5. The van der Waals surface area contributed by atoms with Crippen LogP contribution in [0.1, 0.15) is 16.8 Å². The number of carbonyl (C=O) groups excluding carboxylic acids is 4. The van der Waals surface area contributed by atoms with Crippen LogP contribution in [0.25, 0.3) is 0 Å². The molecule has 0 unspecified atom stereocenters. The minimum Gasteiger partial charge on any atom is -0.456 e. The maximum Gasteiger partial charge on any atom is 0.326 e. The van der Waals surface area contributed by atoms with Crippen LogP contribution in [0.5, 0.6) is 0 Å². The predicted molar refractivity (Wildman–Crippen MR) is 93.9 cm³/mol. The number of Topliss-reactive ketones (excluding diaryl/α,β-unsaturated/α-hetero) is 1. The molecule has 1 aromatic carbocycles. The molecule has 0 aromatic heterocycles. The summed E-state index contributed by atoms with van der Waals surface area (Å²) in [5, 5.41) is 0. The van der Waals surface area contributed by atoms with Gasteiger partial charge in [0.1, 0.15) is 6.54 Å². The van der Waals surface area contributed by atoms with Crippen molar-refractivity contribution in [2.75, 3.05) is 13.2 Å². The van der Waals surface area contributed by atoms with Gasteiger partial charge in [-0.1, -0.05) is 40.2 Å². The van der Waals surface area contributed by atoms with E-state index in [1.54, 1.807) is 24.3 Å². The molecule has 2 bridgehead atoms. The molecule has 134 valence electrons. The summed E-state index contributed by atoms with van der Waals surface area (Å²) in [4.78, 5) is 50.1. The molecule has 2 fully saturated rings. The molecule has 2 amide bonds. The lowest BCUT2D eigenvalue weighted by molar-refractivity contribution is -0.152. The summed E-state index contributed by atoms with van der Waals surface area (Å²) in [6.07, 6.45) is 4.83. The minimum atomic E-state index is -0.752. The summed E-state index contributed by atoms with van der Waals surface area (Å²) in [7, 11) is 0. The molecule has 26 heavy (non-hydrogen) atoms. The minimum absolute atomic E-state index is 0.0986. The van der Waals surface area contributed by atoms with E-state index in [0.717, 1.165) is 15.8 Å². The number of imide groups is 1. The van der Waals surface area contributed by atoms with Gasteiger partial charge in [-0.3, -0.25) is 24.1 Å². The first-order valence-electron chi connectivity index (χ1n) is 8.43. The van der Waals surface area contributed by atoms with Gasteiger partial charge in [-0.25, -0.2) is 0 Å². The Morgan fingerprint density at radius 1 is 1.04 bits per heavy atom. The van der Waals surface area contributed by atoms with Crippen LogP contribution >= 0.6 is 15.9 Å². The molecular weight excluding hydrogens is 402 g/mol. The third-order valence-electron chi connectivity index (χ3n) is 5.38. The fourth-order valence-electron chi connectivity index (χ4n) is 4.16. The Morgan fingerprint density at radius 2 is 1.62 bits per heavy atom. The molecule has 4 rings (SSSR count). The lowest BCUT2D eigenvalue weighted by atomic mass is 9.85. The number of ketones is 1. The first-order chi connectivity index (χ1) is 12.5. The molecule has 3 aliphatic rings. The van der Waals surface area contributed by atoms with E-state index in [1.165, 1.54) is 0 Å². The number of hydrogen-bond acceptors (Lipinski definition) is 5. The third-order valence-corrected chi connectivity index (χ3v) is 5.91. The van der Waals surface area contributed by atoms with Crippen molar-refractivity contribution in [2.24, 2.45) is 23.7 Å². The summed E-state index contributed by atoms with van der Waals surface area (Å²) in [6, 6.07) is 6.69. The summed E-state index contributed by atoms with van der Waals surface area (Å²) in [6.45, 7) is -0.853. The molecule has 1 heterocycles. The van der Waals surface area contributed by atoms with Gasteiger partial charge >= 0.3 is 5.97 Å². The summed E-state index contributed by atoms with van der Waals surface area (Å²) >= 11 is 3.28. The summed E-state index contributed by atoms with van der Waals surface area (Å²) < 4.78 is 5.82. The molecule has 0 spiro atoms. The van der Waals surface area contributed by atoms with Crippen LogP contribution in [0.4, 0.5) is 0 Å². The van der Waals surface area contributed by atoms with Gasteiger partial charge in [0, 0.05) is 10.0 Å². The Morgan fingerprint density at radius 3 is 2.19 bits per heavy atom. The van der Waals surface area contributed by atoms with Gasteiger partial charge < -0.3 is 4.74 Å². The molecule has 1 saturated heterocycles. The highest BCUT2D eigenvalue weighted by molar-refractivity contribution is 9.10. The molecule has 2 aliphatic carbocycles. The average molecular weight is 418 g/mol. The largest absolute Gasteiger partial charge is 0.456 e. The van der Waals surface area contributed by atoms with Crippen LogP contribution < -0.4 is 0 Å². The van der Waals surface area contributed by atoms with Crippen molar-refractivity contribution in [3.63, 3.8) is 0 Å². The first-order valence-corrected chi connectivity index (χ1v) is 9.23. The molecule has 1 aromatic rings. The molecule has 0 radical (unpaired) electrons. The number of ether oxygens (including phenoxy) is 1. The van der Waals surface area contributed by atoms with Crippen LogP contribution in [0.2, 0.25) is 0 Å². The van der Waals surface area contributed by atoms with Crippen molar-refractivity contribution in [1.29, 1.82) is 0 Å². The summed E-state index contributed by atoms with van der Waals surface area (Å²) in [5.74, 6) is -2.17. The number of hydrogen-bond donors (Lipinski definition) is 0. The highest BCUT2D eigenvalue weighted by Crippen LogP contribution is 2.52. The van der Waals surface area contributed by atoms with Gasteiger partial charge in [0.25, 0.3) is 0 Å². The fraction of sp³-hybridized carbons (Fsp3) is 0.368. The molecule has 1 saturated carbocycles. The van der Waals surface area contributed by atoms with E-state index in [2.05, 4.69) is 15.9 Å². The molecule has 0 N–H and O–H groups in total. The van der Waals surface area contributed by atoms with Crippen LogP contribution in [-0.4, -0.2) is 41.6 Å². The van der Waals surface area contributed by atoms with E-state index in [4.69, 9.17) is 4.74 Å². The lowest BCUT2D eigenvalue weighted by Crippen LogP contribution is -2.38. The number of likely N-dealkylation sites (tertiary alicyclic amines) is 1. The number of esters is 1. The highest BCUT2D eigenvalue weighted by Gasteiger charge is 2.59. The van der Waals surface area contributed by atoms with Gasteiger partial charge in [-0.15, -0.1) is 0 Å². The van der Waals surface area contributed by atoms with E-state index in [1.807, 2.05) is 12.2 Å². The van der Waals surface area contributed by atoms with Gasteiger partial charge in [0.15, 0.2) is 12.4 Å². The van der Waals surface area contributed by atoms with Crippen molar-refractivity contribution in [3.05, 3.63) is 46.5 Å². The van der Waals surface area contributed by atoms with E-state index in [9.17, 15) is 19.2 Å². The van der Waals surface area contributed by atoms with Crippen LogP contribution in [0.15, 0.2) is 40.9 Å². The van der Waals surface area contributed by atoms with Crippen LogP contribution in [0.3, 0.4) is 0 Å². The van der Waals surface area contributed by atoms with E-state index >= 15 is 0 Å². The quantitative estimate of drug-likeness (QED) is 0.316. The zero-order valence-corrected chi connectivity index (χ0v) is 15.3. The van der Waals surface area contributed by atoms with Crippen molar-refractivity contribution >= 4 is 39.5 Å². The monoisotopic (exact) mass is 417 g/mol. The maximum atomic E-state index is 12.5. The summed E-state index contributed by atoms with van der Waals surface area (Å²) in [5.41, 5.74) is 0.423. The Labute approximate surface area is 158 Å². The zero-order chi connectivity index (χ0) is 18.4. The van der Waals surface area contributed by atoms with Gasteiger partial charge in [0.05, 0.1) is 11.8 Å². The standard InChI is InChI=1S/C19H16BrNO5/c20-13-5-3-10(4-6-13)14(22)9-26-15(23)8-21-18(24)16-11-1-2-12(7-11)17(16)19(21)25/h1-6,11-12,16-17H,7-9H2/t11-,12+,16-,17-/m1/s1. The Hall–Kier alpha value is -2.28. The predicted octanol–water partition coefficient (Wildman–Crippen LogP) is 1.98. The van der Waals surface area contributed by atoms with E-state index in [0.29, 0.717) is 5.56 Å². The number of amides is 2. The smallest absolute Gasteiger partial charge is 0.326 e. The van der Waals surface area contributed by atoms with Crippen molar-refractivity contribution in [1.82, 2.24) is 4.90 Å². The van der Waals surface area contributed by atoms with Crippen molar-refractivity contribution < 1.29 is 23.9 Å². The fourth-order valence-corrected chi connectivity index (χ4v) is 4.42. The Bertz CT molecular complexity index is 801. The molecule has 1 aliphatic heterocycles. The normalized spacial score (nSPS) is 28.6. The SMILES string of the molecule is O=C(CN1C(=O)[C@H]2[C@H](C1=O)[C@H]1C=C[C@@H]2C1)OCC(=O)c1ccc(Br)cc1. The topological polar surface area (TPSA) is 80.8 Å². The second-order valence-corrected chi connectivity index (χ2v) is 7.77. The van der Waals surface area contributed by atoms with Crippen LogP contribution in [-0.2, 0) is 19.1 Å². The number of fused-ring (bicyclic) bond motifs is 5. The highest BCUT2D eigenvalue weighted by atomic mass is 79.9. The Kier molecular flexibility index (Phi) is 4.26.